The van der Waals surface area contributed by atoms with Gasteiger partial charge in [0.25, 0.3) is 6.71 Å². The van der Waals surface area contributed by atoms with Crippen LogP contribution in [-0.2, 0) is 10.8 Å². The molecule has 0 saturated carbocycles. The number of hydrogen-bond donors (Lipinski definition) is 0. The number of nitrogens with zero attached hydrogens (tertiary/aromatic N) is 6. The fraction of sp³-hybridized carbons (Fsp3) is 0.0920. The number of thiophene rings is 1. The molecule has 8 heteroatoms. The van der Waals surface area contributed by atoms with Crippen molar-refractivity contribution in [2.45, 2.75) is 52.4 Å². The van der Waals surface area contributed by atoms with Crippen molar-refractivity contribution in [3.8, 4) is 22.9 Å². The van der Waals surface area contributed by atoms with E-state index in [4.69, 9.17) is 0 Å². The highest BCUT2D eigenvalue weighted by molar-refractivity contribution is 7.26. The molecule has 0 fully saturated rings. The predicted octanol–water partition coefficient (Wildman–Crippen LogP) is 22.3. The second-order valence-electron chi connectivity index (χ2n) is 27.3. The van der Waals surface area contributed by atoms with Crippen molar-refractivity contribution >= 4 is 145 Å². The first-order valence-corrected chi connectivity index (χ1v) is 33.6. The lowest BCUT2D eigenvalue weighted by Crippen LogP contribution is -2.61. The largest absolute Gasteiger partial charge is 0.311 e. The van der Waals surface area contributed by atoms with Crippen molar-refractivity contribution in [3.63, 3.8) is 0 Å². The molecule has 0 unspecified atom stereocenters. The standard InChI is InChI=1S/C87H67BN6S/c1-86(2,3)60-51-61(87(4,5)6)53-70(52-60)94-78-55-69(91(64-28-16-9-17-29-64)67-39-36-57(56-89)37-40-67)42-44-74(78)88-73-43-41-68(90(62-24-12-7-13-25-62)63-26-14-8-15-27-63)54-77(73)93(66-32-20-11-21-33-66)79-49-59(50-80(94)85(79)88)58-38-45-75-72(48-58)83-76(92(75)65-30-18-10-19-31-65)46-47-82-84(83)71-34-22-23-35-81(71)95-82/h7-55H,1-6H3. The van der Waals surface area contributed by atoms with Crippen molar-refractivity contribution in [1.82, 2.24) is 4.57 Å². The van der Waals surface area contributed by atoms with Gasteiger partial charge in [0.05, 0.1) is 22.7 Å². The molecule has 0 N–H and O–H groups in total. The van der Waals surface area contributed by atoms with Crippen molar-refractivity contribution in [2.24, 2.45) is 0 Å². The minimum atomic E-state index is -0.209. The van der Waals surface area contributed by atoms with Crippen LogP contribution in [0.5, 0.6) is 0 Å². The number of nitriles is 1. The number of fused-ring (bicyclic) bond motifs is 11. The minimum Gasteiger partial charge on any atom is -0.311 e. The average molecular weight is 1240 g/mol. The Morgan fingerprint density at radius 1 is 0.358 bits per heavy atom. The molecule has 4 heterocycles. The third-order valence-electron chi connectivity index (χ3n) is 19.4. The minimum absolute atomic E-state index is 0.179. The van der Waals surface area contributed by atoms with Gasteiger partial charge in [-0.2, -0.15) is 5.26 Å². The smallest absolute Gasteiger partial charge is 0.252 e. The number of benzene rings is 13. The molecule has 15 aromatic rings. The summed E-state index contributed by atoms with van der Waals surface area (Å²) in [4.78, 5) is 9.88. The first kappa shape index (κ1) is 57.5. The van der Waals surface area contributed by atoms with E-state index < -0.39 is 0 Å². The van der Waals surface area contributed by atoms with Crippen molar-refractivity contribution in [1.29, 1.82) is 5.26 Å². The Bertz CT molecular complexity index is 5460. The number of aromatic nitrogens is 1. The Hall–Kier alpha value is -11.4. The highest BCUT2D eigenvalue weighted by Gasteiger charge is 2.45. The molecule has 17 rings (SSSR count). The maximum absolute atomic E-state index is 10.1. The number of rotatable bonds is 10. The molecular weight excluding hydrogens is 1170 g/mol. The SMILES string of the molecule is CC(C)(C)c1cc(N2c3cc(N(c4ccccc4)c4ccc(C#N)cc4)ccc3B3c4ccc(N(c5ccccc5)c5ccccc5)cc4N(c4ccccc4)c4cc(-c5ccc6c(c5)c5c7c(ccc5n6-c5ccccc5)sc5ccccc57)cc2c43)cc(C(C)(C)C)c1. The van der Waals surface area contributed by atoms with Crippen LogP contribution in [0.4, 0.5) is 68.2 Å². The van der Waals surface area contributed by atoms with Gasteiger partial charge in [0.15, 0.2) is 0 Å². The lowest BCUT2D eigenvalue weighted by atomic mass is 9.33. The fourth-order valence-corrected chi connectivity index (χ4v) is 15.9. The van der Waals surface area contributed by atoms with Gasteiger partial charge in [0.1, 0.15) is 0 Å². The molecule has 0 amide bonds. The average Bonchev–Trinajstić information content (AvgIpc) is 1.56. The third kappa shape index (κ3) is 9.68. The van der Waals surface area contributed by atoms with E-state index in [1.54, 1.807) is 0 Å². The van der Waals surface area contributed by atoms with Crippen LogP contribution in [0.2, 0.25) is 0 Å². The third-order valence-corrected chi connectivity index (χ3v) is 20.5. The van der Waals surface area contributed by atoms with Gasteiger partial charge in [-0.25, -0.2) is 0 Å². The molecule has 2 aliphatic heterocycles. The topological polar surface area (TPSA) is 41.7 Å². The normalized spacial score (nSPS) is 12.7. The summed E-state index contributed by atoms with van der Waals surface area (Å²) in [5, 5.41) is 15.1. The first-order valence-electron chi connectivity index (χ1n) is 32.8. The van der Waals surface area contributed by atoms with Gasteiger partial charge in [-0.15, -0.1) is 11.3 Å². The van der Waals surface area contributed by atoms with Gasteiger partial charge in [0, 0.05) is 105 Å². The van der Waals surface area contributed by atoms with Crippen LogP contribution in [0.3, 0.4) is 0 Å². The van der Waals surface area contributed by atoms with E-state index in [-0.39, 0.29) is 17.5 Å². The molecule has 95 heavy (non-hydrogen) atoms. The maximum atomic E-state index is 10.1. The number of para-hydroxylation sites is 5. The van der Waals surface area contributed by atoms with Crippen molar-refractivity contribution in [3.05, 3.63) is 314 Å². The summed E-state index contributed by atoms with van der Waals surface area (Å²) >= 11 is 1.87. The zero-order valence-electron chi connectivity index (χ0n) is 54.0. The van der Waals surface area contributed by atoms with Gasteiger partial charge in [-0.3, -0.25) is 0 Å². The van der Waals surface area contributed by atoms with Crippen LogP contribution in [-0.4, -0.2) is 11.3 Å². The van der Waals surface area contributed by atoms with Crippen molar-refractivity contribution < 1.29 is 0 Å². The Labute approximate surface area is 559 Å². The highest BCUT2D eigenvalue weighted by Crippen LogP contribution is 2.52. The zero-order valence-corrected chi connectivity index (χ0v) is 54.8. The number of hydrogen-bond acceptors (Lipinski definition) is 6. The molecule has 0 aliphatic carbocycles. The predicted molar refractivity (Wildman–Crippen MR) is 405 cm³/mol. The van der Waals surface area contributed by atoms with Crippen LogP contribution in [0.15, 0.2) is 297 Å². The van der Waals surface area contributed by atoms with Crippen LogP contribution in [0.1, 0.15) is 58.2 Å². The molecule has 6 nitrogen and oxygen atoms in total. The van der Waals surface area contributed by atoms with Crippen LogP contribution < -0.4 is 36.0 Å². The Balaban J connectivity index is 1.000. The Kier molecular flexibility index (Phi) is 13.6. The van der Waals surface area contributed by atoms with E-state index in [1.807, 2.05) is 23.5 Å². The highest BCUT2D eigenvalue weighted by atomic mass is 32.1. The molecule has 2 aliphatic rings. The molecule has 13 aromatic carbocycles. The van der Waals surface area contributed by atoms with Crippen molar-refractivity contribution in [2.75, 3.05) is 19.6 Å². The summed E-state index contributed by atoms with van der Waals surface area (Å²) in [5.74, 6) is 0. The van der Waals surface area contributed by atoms with Crippen LogP contribution >= 0.6 is 11.3 Å². The Morgan fingerprint density at radius 3 is 1.37 bits per heavy atom. The molecule has 0 radical (unpaired) electrons. The van der Waals surface area contributed by atoms with E-state index >= 15 is 0 Å². The molecule has 0 atom stereocenters. The van der Waals surface area contributed by atoms with E-state index in [2.05, 4.69) is 357 Å². The Morgan fingerprint density at radius 2 is 0.832 bits per heavy atom. The van der Waals surface area contributed by atoms with E-state index in [9.17, 15) is 5.26 Å². The molecule has 0 spiro atoms. The fourth-order valence-electron chi connectivity index (χ4n) is 14.8. The van der Waals surface area contributed by atoms with Crippen LogP contribution in [0.25, 0.3) is 58.8 Å². The summed E-state index contributed by atoms with van der Waals surface area (Å²) in [6, 6.07) is 112. The second kappa shape index (κ2) is 22.4. The van der Waals surface area contributed by atoms with E-state index in [0.29, 0.717) is 5.56 Å². The van der Waals surface area contributed by atoms with E-state index in [0.717, 1.165) is 90.6 Å². The molecule has 2 aromatic heterocycles. The monoisotopic (exact) mass is 1240 g/mol. The van der Waals surface area contributed by atoms with Gasteiger partial charge in [-0.05, 0) is 213 Å². The van der Waals surface area contributed by atoms with E-state index in [1.165, 1.54) is 64.0 Å². The molecule has 0 bridgehead atoms. The number of anilines is 12. The van der Waals surface area contributed by atoms with Gasteiger partial charge in [-0.1, -0.05) is 175 Å². The van der Waals surface area contributed by atoms with Gasteiger partial charge < -0.3 is 24.2 Å². The summed E-state index contributed by atoms with van der Waals surface area (Å²) < 4.78 is 5.03. The summed E-state index contributed by atoms with van der Waals surface area (Å²) in [5.41, 5.74) is 24.9. The lowest BCUT2D eigenvalue weighted by molar-refractivity contribution is 0.569. The summed E-state index contributed by atoms with van der Waals surface area (Å²) in [6.45, 7) is 13.8. The second-order valence-corrected chi connectivity index (χ2v) is 28.4. The quantitative estimate of drug-likeness (QED) is 0.128. The zero-order chi connectivity index (χ0) is 64.3. The van der Waals surface area contributed by atoms with Gasteiger partial charge in [0.2, 0.25) is 0 Å². The molecule has 0 saturated heterocycles. The maximum Gasteiger partial charge on any atom is 0.252 e. The summed E-state index contributed by atoms with van der Waals surface area (Å²) in [6.07, 6.45) is 0. The van der Waals surface area contributed by atoms with Crippen LogP contribution in [0, 0.1) is 11.3 Å². The molecule has 454 valence electrons. The molecular formula is C87H67BN6S. The lowest BCUT2D eigenvalue weighted by Gasteiger charge is -2.45. The summed E-state index contributed by atoms with van der Waals surface area (Å²) in [7, 11) is 0. The van der Waals surface area contributed by atoms with Gasteiger partial charge >= 0.3 is 0 Å². The first-order chi connectivity index (χ1) is 46.3.